The molecule has 0 saturated carbocycles. The lowest BCUT2D eigenvalue weighted by Gasteiger charge is -2.30. The van der Waals surface area contributed by atoms with Crippen LogP contribution in [-0.2, 0) is 10.0 Å². The van der Waals surface area contributed by atoms with E-state index in [1.807, 2.05) is 5.43 Å². The highest BCUT2D eigenvalue weighted by Crippen LogP contribution is 2.31. The number of carbonyl (C=O) groups excluding carboxylic acids is 2. The van der Waals surface area contributed by atoms with Crippen LogP contribution in [0.5, 0.6) is 0 Å². The third-order valence-electron chi connectivity index (χ3n) is 4.35. The van der Waals surface area contributed by atoms with E-state index < -0.39 is 56.9 Å². The molecule has 0 atom stereocenters. The minimum atomic E-state index is -4.18. The van der Waals surface area contributed by atoms with Crippen LogP contribution in [0.4, 0.5) is 13.2 Å². The number of nitrogens with zero attached hydrogens (tertiary/aromatic N) is 1. The first-order chi connectivity index (χ1) is 13.6. The number of benzene rings is 1. The highest BCUT2D eigenvalue weighted by molar-refractivity contribution is 7.89. The summed E-state index contributed by atoms with van der Waals surface area (Å²) in [4.78, 5) is 23.6. The lowest BCUT2D eigenvalue weighted by atomic mass is 10.1. The molecule has 1 saturated heterocycles. The van der Waals surface area contributed by atoms with Crippen LogP contribution in [0.15, 0.2) is 39.9 Å². The van der Waals surface area contributed by atoms with E-state index in [2.05, 4.69) is 5.43 Å². The van der Waals surface area contributed by atoms with E-state index in [0.29, 0.717) is 0 Å². The molecule has 2 N–H and O–H groups in total. The number of hydrazine groups is 1. The third kappa shape index (κ3) is 4.77. The Bertz CT molecular complexity index is 1020. The van der Waals surface area contributed by atoms with Crippen molar-refractivity contribution >= 4 is 33.2 Å². The average Bonchev–Trinajstić information content (AvgIpc) is 3.20. The number of carbonyl (C=O) groups is 2. The zero-order chi connectivity index (χ0) is 21.2. The molecule has 0 bridgehead atoms. The Morgan fingerprint density at radius 2 is 1.72 bits per heavy atom. The first-order valence-electron chi connectivity index (χ1n) is 8.40. The second kappa shape index (κ2) is 8.13. The molecule has 1 aromatic heterocycles. The van der Waals surface area contributed by atoms with E-state index in [0.717, 1.165) is 22.5 Å². The lowest BCUT2D eigenvalue weighted by molar-refractivity contribution is -0.0412. The molecule has 0 spiro atoms. The molecule has 0 radical (unpaired) electrons. The maximum absolute atomic E-state index is 14.1. The van der Waals surface area contributed by atoms with Crippen molar-refractivity contribution < 1.29 is 31.2 Å². The minimum absolute atomic E-state index is 0.286. The zero-order valence-electron chi connectivity index (χ0n) is 14.8. The number of amides is 2. The molecule has 156 valence electrons. The normalized spacial score (nSPS) is 16.9. The lowest BCUT2D eigenvalue weighted by Crippen LogP contribution is -2.43. The molecule has 1 aliphatic rings. The van der Waals surface area contributed by atoms with Crippen LogP contribution in [0.1, 0.15) is 33.6 Å². The SMILES string of the molecule is O=C(NNC(=O)c1cc(S(=O)(=O)N2CCC(F)(F)CC2)ccc1F)c1ccsc1. The van der Waals surface area contributed by atoms with Crippen LogP contribution in [-0.4, -0.2) is 43.5 Å². The van der Waals surface area contributed by atoms with Crippen LogP contribution < -0.4 is 10.9 Å². The van der Waals surface area contributed by atoms with Gasteiger partial charge < -0.3 is 0 Å². The number of hydrogen-bond donors (Lipinski definition) is 2. The van der Waals surface area contributed by atoms with Gasteiger partial charge in [-0.15, -0.1) is 0 Å². The Labute approximate surface area is 168 Å². The number of hydrogen-bond acceptors (Lipinski definition) is 5. The molecule has 29 heavy (non-hydrogen) atoms. The summed E-state index contributed by atoms with van der Waals surface area (Å²) in [7, 11) is -4.18. The van der Waals surface area contributed by atoms with E-state index in [1.54, 1.807) is 5.38 Å². The van der Waals surface area contributed by atoms with E-state index in [-0.39, 0.29) is 18.7 Å². The molecule has 12 heteroatoms. The molecular formula is C17H16F3N3O4S2. The van der Waals surface area contributed by atoms with Crippen molar-refractivity contribution in [2.45, 2.75) is 23.7 Å². The molecule has 2 heterocycles. The first kappa shape index (κ1) is 21.3. The van der Waals surface area contributed by atoms with Crippen LogP contribution >= 0.6 is 11.3 Å². The average molecular weight is 447 g/mol. The van der Waals surface area contributed by atoms with Gasteiger partial charge >= 0.3 is 0 Å². The van der Waals surface area contributed by atoms with Crippen molar-refractivity contribution in [1.82, 2.24) is 15.2 Å². The topological polar surface area (TPSA) is 95.6 Å². The van der Waals surface area contributed by atoms with Gasteiger partial charge in [0.05, 0.1) is 16.0 Å². The molecule has 1 aromatic carbocycles. The zero-order valence-corrected chi connectivity index (χ0v) is 16.5. The highest BCUT2D eigenvalue weighted by Gasteiger charge is 2.38. The number of alkyl halides is 2. The number of rotatable bonds is 4. The largest absolute Gasteiger partial charge is 0.272 e. The summed E-state index contributed by atoms with van der Waals surface area (Å²) in [6.45, 7) is -0.768. The van der Waals surface area contributed by atoms with E-state index >= 15 is 0 Å². The van der Waals surface area contributed by atoms with Gasteiger partial charge in [-0.1, -0.05) is 0 Å². The Morgan fingerprint density at radius 1 is 1.07 bits per heavy atom. The van der Waals surface area contributed by atoms with Crippen LogP contribution in [0, 0.1) is 5.82 Å². The molecule has 0 unspecified atom stereocenters. The summed E-state index contributed by atoms with van der Waals surface area (Å²) in [5, 5.41) is 3.19. The van der Waals surface area contributed by atoms with Gasteiger partial charge in [0.1, 0.15) is 5.82 Å². The molecular weight excluding hydrogens is 431 g/mol. The van der Waals surface area contributed by atoms with E-state index in [4.69, 9.17) is 0 Å². The van der Waals surface area contributed by atoms with Gasteiger partial charge in [-0.3, -0.25) is 20.4 Å². The van der Waals surface area contributed by atoms with Crippen molar-refractivity contribution in [3.63, 3.8) is 0 Å². The van der Waals surface area contributed by atoms with Gasteiger partial charge in [0, 0.05) is 31.3 Å². The number of sulfonamides is 1. The maximum atomic E-state index is 14.1. The van der Waals surface area contributed by atoms with Gasteiger partial charge in [0.2, 0.25) is 10.0 Å². The smallest absolute Gasteiger partial charge is 0.267 e. The summed E-state index contributed by atoms with van der Waals surface area (Å²) < 4.78 is 66.8. The number of piperidine rings is 1. The minimum Gasteiger partial charge on any atom is -0.267 e. The molecule has 2 amide bonds. The summed E-state index contributed by atoms with van der Waals surface area (Å²) in [5.74, 6) is -5.62. The monoisotopic (exact) mass is 447 g/mol. The van der Waals surface area contributed by atoms with Crippen LogP contribution in [0.3, 0.4) is 0 Å². The third-order valence-corrected chi connectivity index (χ3v) is 6.92. The number of halogens is 3. The second-order valence-corrected chi connectivity index (χ2v) is 9.04. The van der Waals surface area contributed by atoms with Crippen molar-refractivity contribution in [3.8, 4) is 0 Å². The van der Waals surface area contributed by atoms with Gasteiger partial charge in [-0.2, -0.15) is 15.6 Å². The van der Waals surface area contributed by atoms with Gasteiger partial charge in [0.25, 0.3) is 17.7 Å². The molecule has 1 aliphatic heterocycles. The fraction of sp³-hybridized carbons (Fsp3) is 0.294. The summed E-state index contributed by atoms with van der Waals surface area (Å²) in [6, 6.07) is 4.07. The van der Waals surface area contributed by atoms with Crippen LogP contribution in [0.25, 0.3) is 0 Å². The number of thiophene rings is 1. The van der Waals surface area contributed by atoms with E-state index in [9.17, 15) is 31.2 Å². The Balaban J connectivity index is 1.75. The van der Waals surface area contributed by atoms with E-state index in [1.165, 1.54) is 22.8 Å². The standard InChI is InChI=1S/C17H16F3N3O4S2/c18-14-2-1-12(29(26,27)23-6-4-17(19,20)5-7-23)9-13(14)16(25)22-21-15(24)11-3-8-28-10-11/h1-3,8-10H,4-7H2,(H,21,24)(H,22,25). The van der Waals surface area contributed by atoms with Crippen LogP contribution in [0.2, 0.25) is 0 Å². The predicted octanol–water partition coefficient (Wildman–Crippen LogP) is 2.38. The quantitative estimate of drug-likeness (QED) is 0.704. The van der Waals surface area contributed by atoms with Crippen molar-refractivity contribution in [3.05, 3.63) is 52.0 Å². The maximum Gasteiger partial charge on any atom is 0.272 e. The fourth-order valence-electron chi connectivity index (χ4n) is 2.69. The van der Waals surface area contributed by atoms with Gasteiger partial charge in [-0.25, -0.2) is 21.6 Å². The van der Waals surface area contributed by atoms with Crippen molar-refractivity contribution in [1.29, 1.82) is 0 Å². The molecule has 2 aromatic rings. The Morgan fingerprint density at radius 3 is 2.34 bits per heavy atom. The molecule has 7 nitrogen and oxygen atoms in total. The summed E-state index contributed by atoms with van der Waals surface area (Å²) >= 11 is 1.27. The number of nitrogens with one attached hydrogen (secondary N) is 2. The second-order valence-electron chi connectivity index (χ2n) is 6.32. The first-order valence-corrected chi connectivity index (χ1v) is 10.8. The van der Waals surface area contributed by atoms with Crippen molar-refractivity contribution in [2.75, 3.05) is 13.1 Å². The Hall–Kier alpha value is -2.44. The molecule has 3 rings (SSSR count). The predicted molar refractivity (Wildman–Crippen MR) is 98.6 cm³/mol. The fourth-order valence-corrected chi connectivity index (χ4v) is 4.79. The summed E-state index contributed by atoms with van der Waals surface area (Å²) in [6.07, 6.45) is -1.23. The van der Waals surface area contributed by atoms with Crippen molar-refractivity contribution in [2.24, 2.45) is 0 Å². The van der Waals surface area contributed by atoms with Gasteiger partial charge in [-0.05, 0) is 29.6 Å². The molecule has 0 aliphatic carbocycles. The highest BCUT2D eigenvalue weighted by atomic mass is 32.2. The van der Waals surface area contributed by atoms with Gasteiger partial charge in [0.15, 0.2) is 0 Å². The molecule has 1 fully saturated rings. The summed E-state index contributed by atoms with van der Waals surface area (Å²) in [5.41, 5.74) is 3.79. The Kier molecular flexibility index (Phi) is 5.96.